The number of carbonyl (C=O) groups is 2. The van der Waals surface area contributed by atoms with Crippen molar-refractivity contribution in [2.45, 2.75) is 13.0 Å². The van der Waals surface area contributed by atoms with Crippen molar-refractivity contribution in [1.82, 2.24) is 5.01 Å². The van der Waals surface area contributed by atoms with Crippen LogP contribution in [0.25, 0.3) is 0 Å². The van der Waals surface area contributed by atoms with Gasteiger partial charge in [0.2, 0.25) is 5.75 Å². The van der Waals surface area contributed by atoms with Gasteiger partial charge in [0, 0.05) is 26.1 Å². The van der Waals surface area contributed by atoms with Crippen molar-refractivity contribution < 1.29 is 19.2 Å². The number of hydrogen-bond acceptors (Lipinski definition) is 6. The molecule has 2 aromatic carbocycles. The normalized spacial score (nSPS) is 25.3. The average Bonchev–Trinajstić information content (AvgIpc) is 3.46. The Hall–Kier alpha value is -2.85. The largest absolute Gasteiger partial charge is 0.481 e. The maximum Gasteiger partial charge on any atom is 0.311 e. The second kappa shape index (κ2) is 8.49. The van der Waals surface area contributed by atoms with Crippen LogP contribution < -0.4 is 4.74 Å². The van der Waals surface area contributed by atoms with Crippen LogP contribution in [0.4, 0.5) is 5.69 Å². The monoisotopic (exact) mass is 573 g/mol. The molecule has 8 nitrogen and oxygen atoms in total. The number of nitro benzene ring substituents is 1. The van der Waals surface area contributed by atoms with Crippen molar-refractivity contribution in [3.63, 3.8) is 0 Å². The minimum Gasteiger partial charge on any atom is -0.481 e. The number of ether oxygens (including phenoxy) is 1. The predicted molar refractivity (Wildman–Crippen MR) is 126 cm³/mol. The number of amides is 2. The Bertz CT molecular complexity index is 1210. The zero-order valence-corrected chi connectivity index (χ0v) is 20.2. The molecule has 1 saturated carbocycles. The fraction of sp³-hybridized carbons (Fsp3) is 0.261. The van der Waals surface area contributed by atoms with Gasteiger partial charge >= 0.3 is 5.69 Å². The summed E-state index contributed by atoms with van der Waals surface area (Å²) in [4.78, 5) is 36.8. The summed E-state index contributed by atoms with van der Waals surface area (Å²) >= 11 is 6.84. The van der Waals surface area contributed by atoms with Crippen LogP contribution in [0, 0.1) is 33.8 Å². The third kappa shape index (κ3) is 3.80. The fourth-order valence-corrected chi connectivity index (χ4v) is 6.02. The van der Waals surface area contributed by atoms with E-state index in [1.807, 2.05) is 30.4 Å². The van der Waals surface area contributed by atoms with Crippen molar-refractivity contribution in [1.29, 1.82) is 0 Å². The molecule has 2 bridgehead atoms. The molecule has 10 heteroatoms. The Morgan fingerprint density at radius 2 is 1.82 bits per heavy atom. The first-order chi connectivity index (χ1) is 15.8. The Morgan fingerprint density at radius 3 is 2.45 bits per heavy atom. The lowest BCUT2D eigenvalue weighted by Gasteiger charge is -2.13. The summed E-state index contributed by atoms with van der Waals surface area (Å²) in [6.07, 6.45) is 6.14. The topological polar surface area (TPSA) is 102 Å². The van der Waals surface area contributed by atoms with E-state index in [0.29, 0.717) is 5.56 Å². The molecule has 0 spiro atoms. The van der Waals surface area contributed by atoms with Gasteiger partial charge in [0.15, 0.2) is 0 Å². The number of nitrogens with zero attached hydrogens (tertiary/aromatic N) is 3. The van der Waals surface area contributed by atoms with Crippen LogP contribution in [0.2, 0.25) is 0 Å². The van der Waals surface area contributed by atoms with Crippen LogP contribution in [0.5, 0.6) is 5.75 Å². The first-order valence-corrected chi connectivity index (χ1v) is 11.9. The summed E-state index contributed by atoms with van der Waals surface area (Å²) in [7, 11) is 0. The van der Waals surface area contributed by atoms with E-state index < -0.39 is 4.92 Å². The quantitative estimate of drug-likeness (QED) is 0.161. The molecule has 1 heterocycles. The molecular weight excluding hydrogens is 558 g/mol. The number of hydrazone groups is 1. The van der Waals surface area contributed by atoms with Gasteiger partial charge in [-0.05, 0) is 36.5 Å². The van der Waals surface area contributed by atoms with Gasteiger partial charge in [-0.15, -0.1) is 0 Å². The van der Waals surface area contributed by atoms with E-state index in [4.69, 9.17) is 4.74 Å². The van der Waals surface area contributed by atoms with Crippen LogP contribution in [-0.2, 0) is 16.2 Å². The lowest BCUT2D eigenvalue weighted by atomic mass is 9.85. The molecule has 5 rings (SSSR count). The maximum absolute atomic E-state index is 12.9. The van der Waals surface area contributed by atoms with Crippen molar-refractivity contribution in [2.24, 2.45) is 28.8 Å². The second-order valence-electron chi connectivity index (χ2n) is 8.21. The molecule has 0 aromatic heterocycles. The molecule has 2 amide bonds. The number of carbonyl (C=O) groups excluding carboxylic acids is 2. The number of rotatable bonds is 6. The molecule has 0 unspecified atom stereocenters. The molecule has 2 aliphatic carbocycles. The molecule has 4 atom stereocenters. The third-order valence-electron chi connectivity index (χ3n) is 6.37. The van der Waals surface area contributed by atoms with Gasteiger partial charge in [-0.25, -0.2) is 0 Å². The smallest absolute Gasteiger partial charge is 0.311 e. The lowest BCUT2D eigenvalue weighted by molar-refractivity contribution is -0.386. The van der Waals surface area contributed by atoms with Gasteiger partial charge in [-0.1, -0.05) is 56.1 Å². The van der Waals surface area contributed by atoms with E-state index in [-0.39, 0.29) is 53.5 Å². The highest BCUT2D eigenvalue weighted by atomic mass is 79.9. The van der Waals surface area contributed by atoms with Crippen LogP contribution in [0.15, 0.2) is 62.6 Å². The van der Waals surface area contributed by atoms with Crippen molar-refractivity contribution in [3.8, 4) is 5.75 Å². The van der Waals surface area contributed by atoms with Gasteiger partial charge in [0.05, 0.1) is 23.0 Å². The number of benzene rings is 2. The average molecular weight is 575 g/mol. The van der Waals surface area contributed by atoms with E-state index >= 15 is 0 Å². The molecular formula is C23H17Br2N3O5. The maximum atomic E-state index is 12.9. The van der Waals surface area contributed by atoms with Crippen molar-refractivity contribution in [2.75, 3.05) is 0 Å². The molecule has 168 valence electrons. The van der Waals surface area contributed by atoms with Crippen LogP contribution in [0.1, 0.15) is 17.5 Å². The van der Waals surface area contributed by atoms with Gasteiger partial charge in [0.25, 0.3) is 11.8 Å². The second-order valence-corrected chi connectivity index (χ2v) is 9.98. The number of halogens is 2. The summed E-state index contributed by atoms with van der Waals surface area (Å²) in [5, 5.41) is 16.7. The van der Waals surface area contributed by atoms with Crippen LogP contribution in [0.3, 0.4) is 0 Å². The highest BCUT2D eigenvalue weighted by molar-refractivity contribution is 9.11. The molecule has 2 fully saturated rings. The number of nitro groups is 1. The Labute approximate surface area is 205 Å². The first-order valence-electron chi connectivity index (χ1n) is 10.3. The SMILES string of the molecule is O=C1[C@@H]2[C@H](C(=O)N1N=Cc1cccc([N+](=O)[O-])c1OCc1ccc(Br)cc1Br)[C@H]1C=C[C@H]2C1. The van der Waals surface area contributed by atoms with Crippen LogP contribution in [-0.4, -0.2) is 28.0 Å². The number of imide groups is 1. The minimum absolute atomic E-state index is 0.0158. The molecule has 0 radical (unpaired) electrons. The number of allylic oxidation sites excluding steroid dienone is 2. The summed E-state index contributed by atoms with van der Waals surface area (Å²) in [5.41, 5.74) is 0.863. The highest BCUT2D eigenvalue weighted by Crippen LogP contribution is 2.52. The van der Waals surface area contributed by atoms with Crippen molar-refractivity contribution in [3.05, 3.63) is 78.7 Å². The first kappa shape index (κ1) is 22.0. The van der Waals surface area contributed by atoms with Gasteiger partial charge in [-0.3, -0.25) is 19.7 Å². The predicted octanol–water partition coefficient (Wildman–Crippen LogP) is 4.84. The Balaban J connectivity index is 1.42. The van der Waals surface area contributed by atoms with E-state index in [1.54, 1.807) is 6.07 Å². The minimum atomic E-state index is -0.538. The van der Waals surface area contributed by atoms with Crippen molar-refractivity contribution >= 4 is 55.6 Å². The van der Waals surface area contributed by atoms with E-state index in [1.165, 1.54) is 18.3 Å². The van der Waals surface area contributed by atoms with Gasteiger partial charge in [-0.2, -0.15) is 10.1 Å². The highest BCUT2D eigenvalue weighted by Gasteiger charge is 2.59. The van der Waals surface area contributed by atoms with Gasteiger partial charge in [0.1, 0.15) is 6.61 Å². The Morgan fingerprint density at radius 1 is 1.12 bits per heavy atom. The van der Waals surface area contributed by atoms with E-state index in [2.05, 4.69) is 37.0 Å². The van der Waals surface area contributed by atoms with E-state index in [0.717, 1.165) is 25.9 Å². The molecule has 3 aliphatic rings. The van der Waals surface area contributed by atoms with Crippen LogP contribution >= 0.6 is 31.9 Å². The third-order valence-corrected chi connectivity index (χ3v) is 7.60. The Kier molecular flexibility index (Phi) is 5.65. The number of hydrogen-bond donors (Lipinski definition) is 0. The fourth-order valence-electron chi connectivity index (χ4n) is 4.85. The van der Waals surface area contributed by atoms with E-state index in [9.17, 15) is 19.7 Å². The summed E-state index contributed by atoms with van der Waals surface area (Å²) in [5.74, 6) is -1.17. The summed E-state index contributed by atoms with van der Waals surface area (Å²) < 4.78 is 7.51. The zero-order valence-electron chi connectivity index (χ0n) is 17.1. The molecule has 0 N–H and O–H groups in total. The molecule has 33 heavy (non-hydrogen) atoms. The molecule has 1 saturated heterocycles. The summed E-state index contributed by atoms with van der Waals surface area (Å²) in [6.45, 7) is 0.0698. The summed E-state index contributed by atoms with van der Waals surface area (Å²) in [6, 6.07) is 9.97. The number of fused-ring (bicyclic) bond motifs is 5. The van der Waals surface area contributed by atoms with Gasteiger partial charge < -0.3 is 4.74 Å². The standard InChI is InChI=1S/C23H17Br2N3O5/c24-16-7-6-15(17(25)9-16)11-33-21-14(2-1-3-18(21)28(31)32)10-26-27-22(29)19-12-4-5-13(8-12)20(19)23(27)30/h1-7,9-10,12-13,19-20H,8,11H2/t12-,13-,19-,20+/m0/s1. The molecule has 2 aromatic rings. The number of para-hydroxylation sites is 1. The molecule has 1 aliphatic heterocycles. The lowest BCUT2D eigenvalue weighted by Crippen LogP contribution is -2.28. The zero-order chi connectivity index (χ0) is 23.3.